The first-order valence-electron chi connectivity index (χ1n) is 17.1. The van der Waals surface area contributed by atoms with Crippen LogP contribution in [0.5, 0.6) is 11.8 Å². The fraction of sp³-hybridized carbons (Fsp3) is 0.459. The maximum Gasteiger partial charge on any atom is 0.429 e. The van der Waals surface area contributed by atoms with Crippen LogP contribution in [0.1, 0.15) is 64.9 Å². The Bertz CT molecular complexity index is 2090. The van der Waals surface area contributed by atoms with Crippen molar-refractivity contribution in [1.29, 1.82) is 0 Å². The third kappa shape index (κ3) is 6.22. The molecular weight excluding hydrogens is 668 g/mol. The Kier molecular flexibility index (Phi) is 8.81. The zero-order valence-corrected chi connectivity index (χ0v) is 28.6. The monoisotopic (exact) mass is 706 g/mol. The minimum Gasteiger partial charge on any atom is -0.505 e. The summed E-state index contributed by atoms with van der Waals surface area (Å²) in [4.78, 5) is 29.2. The number of rotatable bonds is 5. The van der Waals surface area contributed by atoms with Gasteiger partial charge in [0, 0.05) is 48.6 Å². The Morgan fingerprint density at radius 2 is 1.86 bits per heavy atom. The van der Waals surface area contributed by atoms with E-state index in [4.69, 9.17) is 20.9 Å². The molecule has 0 bridgehead atoms. The van der Waals surface area contributed by atoms with Gasteiger partial charge in [-0.2, -0.15) is 9.97 Å². The number of phenolic OH excluding ortho intramolecular Hbond substituents is 1. The van der Waals surface area contributed by atoms with E-state index in [0.717, 1.165) is 37.6 Å². The zero-order chi connectivity index (χ0) is 36.2. The second-order valence-corrected chi connectivity index (χ2v) is 14.4. The number of aromatic nitrogens is 3. The molecule has 1 N–H and O–H groups in total. The Labute approximate surface area is 292 Å². The number of fused-ring (bicyclic) bond motifs is 3. The number of terminal acetylenes is 1. The Morgan fingerprint density at radius 3 is 2.63 bits per heavy atom. The van der Waals surface area contributed by atoms with Crippen molar-refractivity contribution in [3.05, 3.63) is 47.4 Å². The number of pyridine rings is 1. The number of benzene rings is 2. The van der Waals surface area contributed by atoms with E-state index < -0.39 is 52.3 Å². The molecule has 2 aromatic heterocycles. The van der Waals surface area contributed by atoms with Crippen LogP contribution in [-0.4, -0.2) is 86.2 Å². The molecule has 3 aliphatic heterocycles. The van der Waals surface area contributed by atoms with Crippen LogP contribution in [0, 0.1) is 29.8 Å². The van der Waals surface area contributed by atoms with E-state index in [9.17, 15) is 18.7 Å². The largest absolute Gasteiger partial charge is 0.505 e. The van der Waals surface area contributed by atoms with Crippen LogP contribution in [0.15, 0.2) is 24.4 Å². The van der Waals surface area contributed by atoms with E-state index in [0.29, 0.717) is 38.9 Å². The second kappa shape index (κ2) is 13.0. The van der Waals surface area contributed by atoms with Gasteiger partial charge >= 0.3 is 12.1 Å². The topological polar surface area (TPSA) is 104 Å². The second-order valence-electron chi connectivity index (χ2n) is 14.4. The van der Waals surface area contributed by atoms with Crippen molar-refractivity contribution in [2.75, 3.05) is 37.8 Å². The molecule has 4 aromatic rings. The van der Waals surface area contributed by atoms with Crippen LogP contribution in [0.4, 0.5) is 28.2 Å². The van der Waals surface area contributed by atoms with Crippen molar-refractivity contribution in [2.45, 2.75) is 76.6 Å². The van der Waals surface area contributed by atoms with Gasteiger partial charge in [0.15, 0.2) is 23.2 Å². The average Bonchev–Trinajstić information content (AvgIpc) is 3.48. The number of anilines is 1. The maximum atomic E-state index is 17.0. The SMILES string of the molecule is C#Cc1c(F)ccc2c(F)c(O)cc(-c3ncc4c(N5CCCCCN5C(=O)OC(C)(C)C)nc(OC[C@@]56CCCN5C[C@H](F)C6)nc4c3F)c12. The summed E-state index contributed by atoms with van der Waals surface area (Å²) < 4.78 is 73.6. The third-order valence-corrected chi connectivity index (χ3v) is 9.82. The molecular formula is C37H38F4N6O4. The molecule has 0 aliphatic carbocycles. The average molecular weight is 707 g/mol. The van der Waals surface area contributed by atoms with Crippen molar-refractivity contribution in [3.63, 3.8) is 0 Å². The van der Waals surface area contributed by atoms with Gasteiger partial charge in [-0.1, -0.05) is 5.92 Å². The number of hydrogen-bond donors (Lipinski definition) is 1. The van der Waals surface area contributed by atoms with Crippen molar-refractivity contribution in [3.8, 4) is 35.4 Å². The molecule has 10 nitrogen and oxygen atoms in total. The highest BCUT2D eigenvalue weighted by Crippen LogP contribution is 2.42. The number of hydrazine groups is 1. The molecule has 2 atom stereocenters. The normalized spacial score (nSPS) is 21.2. The first kappa shape index (κ1) is 34.5. The highest BCUT2D eigenvalue weighted by Gasteiger charge is 2.49. The first-order valence-corrected chi connectivity index (χ1v) is 17.1. The Hall–Kier alpha value is -4.90. The zero-order valence-electron chi connectivity index (χ0n) is 28.6. The number of aromatic hydroxyl groups is 1. The summed E-state index contributed by atoms with van der Waals surface area (Å²) in [5.41, 5.74) is -2.52. The summed E-state index contributed by atoms with van der Waals surface area (Å²) in [6.45, 7) is 6.96. The van der Waals surface area contributed by atoms with Gasteiger partial charge in [-0.15, -0.1) is 6.42 Å². The highest BCUT2D eigenvalue weighted by atomic mass is 19.1. The van der Waals surface area contributed by atoms with Crippen molar-refractivity contribution >= 4 is 33.6 Å². The maximum absolute atomic E-state index is 17.0. The van der Waals surface area contributed by atoms with Gasteiger partial charge in [0.2, 0.25) is 0 Å². The number of carbonyl (C=O) groups is 1. The number of nitrogens with zero attached hydrogens (tertiary/aromatic N) is 6. The van der Waals surface area contributed by atoms with Gasteiger partial charge < -0.3 is 14.6 Å². The number of amides is 1. The van der Waals surface area contributed by atoms with E-state index >= 15 is 8.78 Å². The van der Waals surface area contributed by atoms with Gasteiger partial charge in [-0.05, 0) is 77.6 Å². The van der Waals surface area contributed by atoms with Gasteiger partial charge in [0.25, 0.3) is 0 Å². The number of halogens is 4. The summed E-state index contributed by atoms with van der Waals surface area (Å²) in [5, 5.41) is 13.3. The first-order chi connectivity index (χ1) is 24.3. The van der Waals surface area contributed by atoms with Crippen LogP contribution in [-0.2, 0) is 4.74 Å². The van der Waals surface area contributed by atoms with Crippen LogP contribution in [0.2, 0.25) is 0 Å². The fourth-order valence-corrected chi connectivity index (χ4v) is 7.56. The summed E-state index contributed by atoms with van der Waals surface area (Å²) in [7, 11) is 0. The van der Waals surface area contributed by atoms with Crippen LogP contribution >= 0.6 is 0 Å². The van der Waals surface area contributed by atoms with Gasteiger partial charge in [0.05, 0.1) is 16.5 Å². The molecule has 3 saturated heterocycles. The van der Waals surface area contributed by atoms with E-state index in [1.54, 1.807) is 25.8 Å². The van der Waals surface area contributed by atoms with E-state index in [2.05, 4.69) is 20.8 Å². The number of carbonyl (C=O) groups excluding carboxylic acids is 1. The lowest BCUT2D eigenvalue weighted by atomic mass is 9.95. The van der Waals surface area contributed by atoms with Crippen LogP contribution in [0.3, 0.4) is 0 Å². The summed E-state index contributed by atoms with van der Waals surface area (Å²) in [5.74, 6) is -1.40. The third-order valence-electron chi connectivity index (χ3n) is 9.82. The molecule has 5 heterocycles. The lowest BCUT2D eigenvalue weighted by Gasteiger charge is -2.36. The molecule has 2 aromatic carbocycles. The molecule has 1 amide bonds. The fourth-order valence-electron chi connectivity index (χ4n) is 7.56. The summed E-state index contributed by atoms with van der Waals surface area (Å²) in [6.07, 6.45) is 9.31. The van der Waals surface area contributed by atoms with Crippen molar-refractivity contribution < 1.29 is 36.9 Å². The molecule has 0 radical (unpaired) electrons. The number of alkyl halides is 1. The van der Waals surface area contributed by atoms with Crippen LogP contribution in [0.25, 0.3) is 32.9 Å². The lowest BCUT2D eigenvalue weighted by Crippen LogP contribution is -2.49. The molecule has 0 saturated carbocycles. The molecule has 0 spiro atoms. The standard InChI is InChI=1S/C37H38F4N6O4/c1-5-22-26(39)11-10-23-28(22)24(16-27(48)29(23)40)31-30(41)32-25(18-42-31)33(46-14-7-6-8-15-47(46)35(49)51-36(2,3)4)44-34(43-32)50-20-37-12-9-13-45(37)19-21(38)17-37/h1,10-11,16,18,21,48H,6-9,12-15,17,19-20H2,2-4H3/t21-,37+/m1/s1. The predicted molar refractivity (Wildman–Crippen MR) is 182 cm³/mol. The summed E-state index contributed by atoms with van der Waals surface area (Å²) in [6, 6.07) is 2.80. The van der Waals surface area contributed by atoms with E-state index in [1.165, 1.54) is 11.2 Å². The lowest BCUT2D eigenvalue weighted by molar-refractivity contribution is 0.0232. The summed E-state index contributed by atoms with van der Waals surface area (Å²) >= 11 is 0. The molecule has 7 rings (SSSR count). The van der Waals surface area contributed by atoms with E-state index in [-0.39, 0.29) is 57.7 Å². The Balaban J connectivity index is 1.42. The van der Waals surface area contributed by atoms with Gasteiger partial charge in [-0.25, -0.2) is 27.4 Å². The molecule has 14 heteroatoms. The quantitative estimate of drug-likeness (QED) is 0.173. The Morgan fingerprint density at radius 1 is 1.08 bits per heavy atom. The molecule has 3 fully saturated rings. The van der Waals surface area contributed by atoms with E-state index in [1.807, 2.05) is 0 Å². The van der Waals surface area contributed by atoms with Crippen molar-refractivity contribution in [2.24, 2.45) is 0 Å². The smallest absolute Gasteiger partial charge is 0.429 e. The molecule has 268 valence electrons. The molecule has 0 unspecified atom stereocenters. The molecule has 51 heavy (non-hydrogen) atoms. The van der Waals surface area contributed by atoms with Crippen molar-refractivity contribution in [1.82, 2.24) is 24.9 Å². The highest BCUT2D eigenvalue weighted by molar-refractivity contribution is 6.03. The number of hydrogen-bond acceptors (Lipinski definition) is 9. The minimum atomic E-state index is -1.06. The number of phenols is 1. The minimum absolute atomic E-state index is 0.0506. The van der Waals surface area contributed by atoms with Gasteiger partial charge in [0.1, 0.15) is 35.4 Å². The van der Waals surface area contributed by atoms with Gasteiger partial charge in [-0.3, -0.25) is 14.9 Å². The predicted octanol–water partition coefficient (Wildman–Crippen LogP) is 7.05. The number of ether oxygens (including phenoxy) is 2. The molecule has 3 aliphatic rings. The van der Waals surface area contributed by atoms with Crippen LogP contribution < -0.4 is 9.75 Å².